The molecule has 5 nitrogen and oxygen atoms in total. The highest BCUT2D eigenvalue weighted by molar-refractivity contribution is 4.90. The molecule has 0 radical (unpaired) electrons. The maximum Gasteiger partial charge on any atom is 0.138 e. The van der Waals surface area contributed by atoms with E-state index in [0.717, 1.165) is 51.2 Å². The van der Waals surface area contributed by atoms with Crippen LogP contribution < -0.4 is 5.32 Å². The van der Waals surface area contributed by atoms with E-state index in [0.29, 0.717) is 12.1 Å². The Kier molecular flexibility index (Phi) is 6.47. The second-order valence-electron chi connectivity index (χ2n) is 5.57. The fraction of sp³-hybridized carbons (Fsp3) is 0.867. The van der Waals surface area contributed by atoms with Crippen LogP contribution in [0, 0.1) is 0 Å². The van der Waals surface area contributed by atoms with E-state index in [2.05, 4.69) is 29.2 Å². The van der Waals surface area contributed by atoms with E-state index in [1.165, 1.54) is 12.8 Å². The Hall–Kier alpha value is -0.940. The molecule has 5 heteroatoms. The number of likely N-dealkylation sites (N-methyl/N-ethyl adjacent to an activating group) is 1. The monoisotopic (exact) mass is 280 g/mol. The SMILES string of the molecule is CCCn1ncnc1CC(CCC1CCCO1)NCC. The van der Waals surface area contributed by atoms with E-state index in [-0.39, 0.29) is 0 Å². The highest BCUT2D eigenvalue weighted by Gasteiger charge is 2.19. The molecule has 0 bridgehead atoms. The summed E-state index contributed by atoms with van der Waals surface area (Å²) in [6.07, 6.45) is 8.96. The number of nitrogens with one attached hydrogen (secondary N) is 1. The standard InChI is InChI=1S/C15H28N4O/c1-3-9-19-15(17-12-18-19)11-13(16-4-2)7-8-14-6-5-10-20-14/h12-14,16H,3-11H2,1-2H3. The second kappa shape index (κ2) is 8.37. The summed E-state index contributed by atoms with van der Waals surface area (Å²) in [6.45, 7) is 7.24. The van der Waals surface area contributed by atoms with E-state index in [9.17, 15) is 0 Å². The van der Waals surface area contributed by atoms with Crippen molar-refractivity contribution in [1.82, 2.24) is 20.1 Å². The van der Waals surface area contributed by atoms with Crippen molar-refractivity contribution in [2.45, 2.75) is 71.1 Å². The van der Waals surface area contributed by atoms with Gasteiger partial charge in [0.2, 0.25) is 0 Å². The molecule has 20 heavy (non-hydrogen) atoms. The molecule has 0 saturated carbocycles. The van der Waals surface area contributed by atoms with E-state index < -0.39 is 0 Å². The summed E-state index contributed by atoms with van der Waals surface area (Å²) in [7, 11) is 0. The van der Waals surface area contributed by atoms with Crippen molar-refractivity contribution in [1.29, 1.82) is 0 Å². The molecule has 1 aliphatic heterocycles. The first-order valence-electron chi connectivity index (χ1n) is 8.05. The second-order valence-corrected chi connectivity index (χ2v) is 5.57. The van der Waals surface area contributed by atoms with Crippen LogP contribution in [0.4, 0.5) is 0 Å². The van der Waals surface area contributed by atoms with Crippen LogP contribution in [0.5, 0.6) is 0 Å². The van der Waals surface area contributed by atoms with Crippen LogP contribution in [0.2, 0.25) is 0 Å². The van der Waals surface area contributed by atoms with Gasteiger partial charge in [0.1, 0.15) is 12.2 Å². The van der Waals surface area contributed by atoms with Gasteiger partial charge in [-0.3, -0.25) is 4.68 Å². The summed E-state index contributed by atoms with van der Waals surface area (Å²) >= 11 is 0. The lowest BCUT2D eigenvalue weighted by molar-refractivity contribution is 0.0995. The van der Waals surface area contributed by atoms with Crippen molar-refractivity contribution >= 4 is 0 Å². The number of hydrogen-bond donors (Lipinski definition) is 1. The van der Waals surface area contributed by atoms with Gasteiger partial charge in [0.15, 0.2) is 0 Å². The lowest BCUT2D eigenvalue weighted by Gasteiger charge is -2.19. The smallest absolute Gasteiger partial charge is 0.138 e. The topological polar surface area (TPSA) is 52.0 Å². The van der Waals surface area contributed by atoms with E-state index >= 15 is 0 Å². The van der Waals surface area contributed by atoms with Crippen LogP contribution in [0.25, 0.3) is 0 Å². The van der Waals surface area contributed by atoms with Gasteiger partial charge in [-0.2, -0.15) is 5.10 Å². The van der Waals surface area contributed by atoms with Crippen LogP contribution in [-0.4, -0.2) is 40.1 Å². The Morgan fingerprint density at radius 1 is 1.50 bits per heavy atom. The first-order chi connectivity index (χ1) is 9.83. The number of hydrogen-bond acceptors (Lipinski definition) is 4. The average molecular weight is 280 g/mol. The third kappa shape index (κ3) is 4.56. The molecule has 2 unspecified atom stereocenters. The lowest BCUT2D eigenvalue weighted by atomic mass is 10.0. The maximum atomic E-state index is 5.72. The van der Waals surface area contributed by atoms with Gasteiger partial charge in [-0.25, -0.2) is 4.98 Å². The molecule has 1 aromatic rings. The van der Waals surface area contributed by atoms with Crippen molar-refractivity contribution in [2.24, 2.45) is 0 Å². The minimum atomic E-state index is 0.476. The molecule has 2 atom stereocenters. The fourth-order valence-electron chi connectivity index (χ4n) is 2.89. The summed E-state index contributed by atoms with van der Waals surface area (Å²) in [6, 6.07) is 0.476. The summed E-state index contributed by atoms with van der Waals surface area (Å²) in [5.74, 6) is 1.10. The molecule has 1 aliphatic rings. The number of ether oxygens (including phenoxy) is 1. The molecule has 1 fully saturated rings. The predicted octanol–water partition coefficient (Wildman–Crippen LogP) is 2.17. The molecule has 0 amide bonds. The summed E-state index contributed by atoms with van der Waals surface area (Å²) in [5.41, 5.74) is 0. The summed E-state index contributed by atoms with van der Waals surface area (Å²) in [5, 5.41) is 7.89. The van der Waals surface area contributed by atoms with Gasteiger partial charge in [-0.1, -0.05) is 13.8 Å². The predicted molar refractivity (Wildman–Crippen MR) is 79.7 cm³/mol. The minimum absolute atomic E-state index is 0.476. The van der Waals surface area contributed by atoms with Crippen molar-refractivity contribution in [2.75, 3.05) is 13.2 Å². The van der Waals surface area contributed by atoms with Crippen LogP contribution in [-0.2, 0) is 17.7 Å². The van der Waals surface area contributed by atoms with Gasteiger partial charge in [0.05, 0.1) is 6.10 Å². The minimum Gasteiger partial charge on any atom is -0.378 e. The average Bonchev–Trinajstić information content (AvgIpc) is 3.09. The zero-order valence-electron chi connectivity index (χ0n) is 12.8. The third-order valence-electron chi connectivity index (χ3n) is 3.91. The quantitative estimate of drug-likeness (QED) is 0.753. The zero-order valence-corrected chi connectivity index (χ0v) is 12.8. The van der Waals surface area contributed by atoms with Crippen LogP contribution >= 0.6 is 0 Å². The van der Waals surface area contributed by atoms with E-state index in [1.54, 1.807) is 6.33 Å². The zero-order chi connectivity index (χ0) is 14.2. The van der Waals surface area contributed by atoms with Crippen LogP contribution in [0.1, 0.15) is 51.8 Å². The molecule has 1 N–H and O–H groups in total. The van der Waals surface area contributed by atoms with Crippen LogP contribution in [0.3, 0.4) is 0 Å². The Morgan fingerprint density at radius 2 is 2.40 bits per heavy atom. The first-order valence-corrected chi connectivity index (χ1v) is 8.05. The molecule has 2 heterocycles. The Bertz CT molecular complexity index is 374. The van der Waals surface area contributed by atoms with Crippen molar-refractivity contribution < 1.29 is 4.74 Å². The molecule has 0 spiro atoms. The molecule has 0 aliphatic carbocycles. The number of rotatable bonds is 9. The van der Waals surface area contributed by atoms with Gasteiger partial charge in [0.25, 0.3) is 0 Å². The summed E-state index contributed by atoms with van der Waals surface area (Å²) < 4.78 is 7.76. The third-order valence-corrected chi connectivity index (χ3v) is 3.91. The number of nitrogens with zero attached hydrogens (tertiary/aromatic N) is 3. The van der Waals surface area contributed by atoms with E-state index in [4.69, 9.17) is 4.74 Å². The molecule has 2 rings (SSSR count). The fourth-order valence-corrected chi connectivity index (χ4v) is 2.89. The van der Waals surface area contributed by atoms with Gasteiger partial charge < -0.3 is 10.1 Å². The highest BCUT2D eigenvalue weighted by atomic mass is 16.5. The van der Waals surface area contributed by atoms with Gasteiger partial charge in [0, 0.05) is 25.6 Å². The highest BCUT2D eigenvalue weighted by Crippen LogP contribution is 2.18. The first kappa shape index (κ1) is 15.4. The van der Waals surface area contributed by atoms with Gasteiger partial charge in [-0.15, -0.1) is 0 Å². The Morgan fingerprint density at radius 3 is 3.10 bits per heavy atom. The van der Waals surface area contributed by atoms with E-state index in [1.807, 2.05) is 4.68 Å². The van der Waals surface area contributed by atoms with Crippen molar-refractivity contribution in [3.05, 3.63) is 12.2 Å². The molecular weight excluding hydrogens is 252 g/mol. The normalized spacial score (nSPS) is 20.4. The number of aromatic nitrogens is 3. The van der Waals surface area contributed by atoms with Crippen molar-refractivity contribution in [3.8, 4) is 0 Å². The molecule has 114 valence electrons. The van der Waals surface area contributed by atoms with Gasteiger partial charge in [-0.05, 0) is 38.6 Å². The molecule has 1 aromatic heterocycles. The largest absolute Gasteiger partial charge is 0.378 e. The summed E-state index contributed by atoms with van der Waals surface area (Å²) in [4.78, 5) is 4.42. The maximum absolute atomic E-state index is 5.72. The Labute approximate surface area is 122 Å². The molecular formula is C15H28N4O. The van der Waals surface area contributed by atoms with Crippen LogP contribution in [0.15, 0.2) is 6.33 Å². The number of aryl methyl sites for hydroxylation is 1. The van der Waals surface area contributed by atoms with Crippen molar-refractivity contribution in [3.63, 3.8) is 0 Å². The van der Waals surface area contributed by atoms with Gasteiger partial charge >= 0.3 is 0 Å². The molecule has 1 saturated heterocycles. The lowest BCUT2D eigenvalue weighted by Crippen LogP contribution is -2.33. The Balaban J connectivity index is 1.85. The molecule has 0 aromatic carbocycles.